The number of nitrogens with zero attached hydrogens (tertiary/aromatic N) is 5. The number of thiophene rings is 2. The number of carbonyl (C=O) groups excluding carboxylic acids is 2. The van der Waals surface area contributed by atoms with Crippen molar-refractivity contribution in [3.63, 3.8) is 0 Å². The van der Waals surface area contributed by atoms with Gasteiger partial charge in [-0.05, 0) is 60.0 Å². The Hall–Kier alpha value is -3.35. The molecule has 36 heavy (non-hydrogen) atoms. The minimum atomic E-state index is -0.795. The van der Waals surface area contributed by atoms with E-state index >= 15 is 0 Å². The Morgan fingerprint density at radius 2 is 2.08 bits per heavy atom. The molecule has 0 saturated carbocycles. The van der Waals surface area contributed by atoms with Crippen LogP contribution in [-0.4, -0.2) is 56.2 Å². The van der Waals surface area contributed by atoms with Gasteiger partial charge in [-0.25, -0.2) is 0 Å². The molecule has 1 aliphatic heterocycles. The zero-order valence-electron chi connectivity index (χ0n) is 19.7. The van der Waals surface area contributed by atoms with Gasteiger partial charge < -0.3 is 19.4 Å². The van der Waals surface area contributed by atoms with E-state index in [1.807, 2.05) is 48.0 Å². The van der Waals surface area contributed by atoms with Crippen molar-refractivity contribution in [2.45, 2.75) is 45.0 Å². The second-order valence-electron chi connectivity index (χ2n) is 8.45. The zero-order valence-corrected chi connectivity index (χ0v) is 21.3. The molecular weight excluding hydrogens is 500 g/mol. The summed E-state index contributed by atoms with van der Waals surface area (Å²) in [7, 11) is 0. The molecule has 5 heterocycles. The van der Waals surface area contributed by atoms with Gasteiger partial charge in [-0.15, -0.1) is 32.9 Å². The summed E-state index contributed by atoms with van der Waals surface area (Å²) in [5.74, 6) is 0.966. The second kappa shape index (κ2) is 11.1. The molecule has 1 saturated heterocycles. The van der Waals surface area contributed by atoms with Gasteiger partial charge in [-0.2, -0.15) is 4.80 Å². The Balaban J connectivity index is 1.38. The maximum Gasteiger partial charge on any atom is 0.248 e. The number of tetrazole rings is 1. The average Bonchev–Trinajstić information content (AvgIpc) is 3.68. The summed E-state index contributed by atoms with van der Waals surface area (Å²) in [5, 5.41) is 19.2. The lowest BCUT2D eigenvalue weighted by molar-refractivity contribution is -0.142. The molecule has 0 radical (unpaired) electrons. The monoisotopic (exact) mass is 526 g/mol. The number of aryl methyl sites for hydroxylation is 1. The fourth-order valence-electron chi connectivity index (χ4n) is 4.06. The number of hydrogen-bond donors (Lipinski definition) is 1. The SMILES string of the molecule is Cc1ccc(-c2nnn(CC(=O)N(Cc3cccs3)C(C(=O)NCC3CCCO3)c3cccs3)n2)o1. The van der Waals surface area contributed by atoms with Crippen LogP contribution in [0, 0.1) is 6.92 Å². The normalized spacial score (nSPS) is 16.2. The third-order valence-electron chi connectivity index (χ3n) is 5.82. The van der Waals surface area contributed by atoms with E-state index in [1.165, 1.54) is 27.5 Å². The highest BCUT2D eigenvalue weighted by molar-refractivity contribution is 7.10. The van der Waals surface area contributed by atoms with Gasteiger partial charge in [0.15, 0.2) is 5.76 Å². The van der Waals surface area contributed by atoms with Crippen molar-refractivity contribution in [3.8, 4) is 11.6 Å². The van der Waals surface area contributed by atoms with Crippen LogP contribution in [-0.2, 0) is 27.4 Å². The van der Waals surface area contributed by atoms with Crippen molar-refractivity contribution in [2.75, 3.05) is 13.2 Å². The summed E-state index contributed by atoms with van der Waals surface area (Å²) in [6, 6.07) is 10.4. The molecule has 2 amide bonds. The summed E-state index contributed by atoms with van der Waals surface area (Å²) >= 11 is 2.97. The maximum absolute atomic E-state index is 13.7. The van der Waals surface area contributed by atoms with Crippen LogP contribution in [0.4, 0.5) is 0 Å². The zero-order chi connectivity index (χ0) is 24.9. The largest absolute Gasteiger partial charge is 0.458 e. The van der Waals surface area contributed by atoms with Gasteiger partial charge in [0.05, 0.1) is 12.6 Å². The first-order chi connectivity index (χ1) is 17.6. The molecule has 1 fully saturated rings. The average molecular weight is 527 g/mol. The number of aromatic nitrogens is 4. The molecule has 4 aromatic heterocycles. The summed E-state index contributed by atoms with van der Waals surface area (Å²) in [6.07, 6.45) is 1.90. The van der Waals surface area contributed by atoms with E-state index in [0.717, 1.165) is 28.4 Å². The van der Waals surface area contributed by atoms with Gasteiger partial charge in [-0.1, -0.05) is 12.1 Å². The van der Waals surface area contributed by atoms with Gasteiger partial charge in [0.1, 0.15) is 18.3 Å². The Kier molecular flexibility index (Phi) is 7.54. The Bertz CT molecular complexity index is 1280. The molecule has 4 aromatic rings. The van der Waals surface area contributed by atoms with E-state index < -0.39 is 6.04 Å². The lowest BCUT2D eigenvalue weighted by Gasteiger charge is -2.30. The molecule has 10 nitrogen and oxygen atoms in total. The Morgan fingerprint density at radius 3 is 2.78 bits per heavy atom. The van der Waals surface area contributed by atoms with Crippen molar-refractivity contribution in [2.24, 2.45) is 0 Å². The van der Waals surface area contributed by atoms with Crippen molar-refractivity contribution in [1.82, 2.24) is 30.4 Å². The highest BCUT2D eigenvalue weighted by Gasteiger charge is 2.33. The van der Waals surface area contributed by atoms with Gasteiger partial charge in [0, 0.05) is 22.9 Å². The minimum Gasteiger partial charge on any atom is -0.458 e. The van der Waals surface area contributed by atoms with Gasteiger partial charge in [0.25, 0.3) is 0 Å². The number of hydrogen-bond acceptors (Lipinski definition) is 9. The topological polar surface area (TPSA) is 115 Å². The number of carbonyl (C=O) groups is 2. The second-order valence-corrected chi connectivity index (χ2v) is 10.5. The predicted octanol–water partition coefficient (Wildman–Crippen LogP) is 3.43. The maximum atomic E-state index is 13.7. The number of rotatable bonds is 10. The van der Waals surface area contributed by atoms with Crippen LogP contribution >= 0.6 is 22.7 Å². The van der Waals surface area contributed by atoms with Crippen LogP contribution in [0.3, 0.4) is 0 Å². The van der Waals surface area contributed by atoms with Crippen LogP contribution in [0.25, 0.3) is 11.6 Å². The Labute approximate surface area is 215 Å². The van der Waals surface area contributed by atoms with Crippen molar-refractivity contribution in [1.29, 1.82) is 0 Å². The number of nitrogens with one attached hydrogen (secondary N) is 1. The summed E-state index contributed by atoms with van der Waals surface area (Å²) in [4.78, 5) is 31.7. The molecule has 12 heteroatoms. The summed E-state index contributed by atoms with van der Waals surface area (Å²) in [5.41, 5.74) is 0. The van der Waals surface area contributed by atoms with Crippen LogP contribution in [0.5, 0.6) is 0 Å². The fourth-order valence-corrected chi connectivity index (χ4v) is 5.59. The van der Waals surface area contributed by atoms with Gasteiger partial charge in [0.2, 0.25) is 17.6 Å². The highest BCUT2D eigenvalue weighted by atomic mass is 32.1. The molecule has 1 N–H and O–H groups in total. The molecule has 2 atom stereocenters. The molecule has 0 aromatic carbocycles. The molecule has 188 valence electrons. The number of amides is 2. The lowest BCUT2D eigenvalue weighted by atomic mass is 10.1. The van der Waals surface area contributed by atoms with Gasteiger partial charge >= 0.3 is 0 Å². The predicted molar refractivity (Wildman–Crippen MR) is 134 cm³/mol. The van der Waals surface area contributed by atoms with Crippen molar-refractivity contribution in [3.05, 3.63) is 62.7 Å². The standard InChI is InChI=1S/C24H26N6O4S2/c1-16-8-9-19(34-16)23-26-28-30(27-23)15-21(31)29(14-18-6-3-11-35-18)22(20-7-4-12-36-20)24(32)25-13-17-5-2-10-33-17/h3-4,6-9,11-12,17,22H,2,5,10,13-15H2,1H3,(H,25,32). The summed E-state index contributed by atoms with van der Waals surface area (Å²) < 4.78 is 11.2. The quantitative estimate of drug-likeness (QED) is 0.337. The molecule has 1 aliphatic rings. The van der Waals surface area contributed by atoms with Crippen LogP contribution < -0.4 is 5.32 Å². The molecule has 0 spiro atoms. The van der Waals surface area contributed by atoms with Crippen LogP contribution in [0.2, 0.25) is 0 Å². The molecule has 5 rings (SSSR count). The number of furan rings is 1. The molecule has 2 unspecified atom stereocenters. The van der Waals surface area contributed by atoms with Crippen LogP contribution in [0.15, 0.2) is 51.6 Å². The lowest BCUT2D eigenvalue weighted by Crippen LogP contribution is -2.45. The van der Waals surface area contributed by atoms with E-state index in [9.17, 15) is 9.59 Å². The van der Waals surface area contributed by atoms with Crippen LogP contribution in [0.1, 0.15) is 34.4 Å². The van der Waals surface area contributed by atoms with E-state index in [-0.39, 0.29) is 31.0 Å². The van der Waals surface area contributed by atoms with Crippen molar-refractivity contribution >= 4 is 34.5 Å². The first kappa shape index (κ1) is 24.3. The third-order valence-corrected chi connectivity index (χ3v) is 7.60. The molecule has 0 aliphatic carbocycles. The van der Waals surface area contributed by atoms with E-state index in [0.29, 0.717) is 24.7 Å². The molecule has 0 bridgehead atoms. The minimum absolute atomic E-state index is 0.00221. The smallest absolute Gasteiger partial charge is 0.248 e. The van der Waals surface area contributed by atoms with E-state index in [4.69, 9.17) is 9.15 Å². The Morgan fingerprint density at radius 1 is 1.22 bits per heavy atom. The van der Waals surface area contributed by atoms with E-state index in [1.54, 1.807) is 11.0 Å². The van der Waals surface area contributed by atoms with Gasteiger partial charge in [-0.3, -0.25) is 9.59 Å². The number of ether oxygens (including phenoxy) is 1. The van der Waals surface area contributed by atoms with E-state index in [2.05, 4.69) is 20.7 Å². The highest BCUT2D eigenvalue weighted by Crippen LogP contribution is 2.29. The summed E-state index contributed by atoms with van der Waals surface area (Å²) in [6.45, 7) is 3.07. The van der Waals surface area contributed by atoms with Crippen molar-refractivity contribution < 1.29 is 18.7 Å². The first-order valence-corrected chi connectivity index (χ1v) is 13.4. The first-order valence-electron chi connectivity index (χ1n) is 11.7. The third kappa shape index (κ3) is 5.72. The fraction of sp³-hybridized carbons (Fsp3) is 0.375. The molecular formula is C24H26N6O4S2.